The fourth-order valence-electron chi connectivity index (χ4n) is 2.93. The smallest absolute Gasteiger partial charge is 0.418 e. The molecule has 0 fully saturated rings. The lowest BCUT2D eigenvalue weighted by atomic mass is 9.97. The summed E-state index contributed by atoms with van der Waals surface area (Å²) in [4.78, 5) is 15.6. The van der Waals surface area contributed by atoms with E-state index in [-0.39, 0.29) is 5.52 Å². The lowest BCUT2D eigenvalue weighted by Crippen LogP contribution is -2.08. The predicted octanol–water partition coefficient (Wildman–Crippen LogP) is 4.94. The van der Waals surface area contributed by atoms with Crippen molar-refractivity contribution in [3.8, 4) is 0 Å². The number of para-hydroxylation sites is 1. The second-order valence-electron chi connectivity index (χ2n) is 5.99. The van der Waals surface area contributed by atoms with Crippen LogP contribution in [0.15, 0.2) is 48.5 Å². The number of carbonyl (C=O) groups is 1. The SMILES string of the molecule is COC(=O)c1ccc(Cc2cc(C)nc3c(C(F)(F)F)cccc23)cc1. The van der Waals surface area contributed by atoms with Crippen LogP contribution in [0.25, 0.3) is 10.9 Å². The molecule has 0 unspecified atom stereocenters. The van der Waals surface area contributed by atoms with Gasteiger partial charge >= 0.3 is 12.1 Å². The summed E-state index contributed by atoms with van der Waals surface area (Å²) in [6.45, 7) is 1.68. The van der Waals surface area contributed by atoms with Gasteiger partial charge in [-0.1, -0.05) is 24.3 Å². The number of halogens is 3. The Bertz CT molecular complexity index is 963. The third-order valence-electron chi connectivity index (χ3n) is 4.13. The van der Waals surface area contributed by atoms with Gasteiger partial charge in [0.05, 0.1) is 23.8 Å². The average Bonchev–Trinajstić information content (AvgIpc) is 2.60. The summed E-state index contributed by atoms with van der Waals surface area (Å²) in [5, 5.41) is 0.475. The zero-order chi connectivity index (χ0) is 18.9. The Hall–Kier alpha value is -2.89. The molecular weight excluding hydrogens is 343 g/mol. The molecule has 0 radical (unpaired) electrons. The van der Waals surface area contributed by atoms with Crippen LogP contribution in [0.3, 0.4) is 0 Å². The lowest BCUT2D eigenvalue weighted by Gasteiger charge is -2.13. The molecule has 0 amide bonds. The molecule has 0 saturated carbocycles. The summed E-state index contributed by atoms with van der Waals surface area (Å²) in [7, 11) is 1.31. The van der Waals surface area contributed by atoms with Crippen molar-refractivity contribution in [2.24, 2.45) is 0 Å². The van der Waals surface area contributed by atoms with Crippen molar-refractivity contribution in [3.63, 3.8) is 0 Å². The molecule has 0 aliphatic rings. The van der Waals surface area contributed by atoms with E-state index < -0.39 is 17.7 Å². The summed E-state index contributed by atoms with van der Waals surface area (Å²) in [5.74, 6) is -0.434. The van der Waals surface area contributed by atoms with Crippen LogP contribution in [-0.4, -0.2) is 18.1 Å². The maximum Gasteiger partial charge on any atom is 0.418 e. The Morgan fingerprint density at radius 2 is 1.81 bits per heavy atom. The number of fused-ring (bicyclic) bond motifs is 1. The van der Waals surface area contributed by atoms with Gasteiger partial charge in [0.1, 0.15) is 0 Å². The molecule has 134 valence electrons. The molecule has 0 spiro atoms. The third kappa shape index (κ3) is 3.54. The van der Waals surface area contributed by atoms with Crippen molar-refractivity contribution in [2.45, 2.75) is 19.5 Å². The second kappa shape index (κ2) is 6.78. The van der Waals surface area contributed by atoms with Crippen LogP contribution in [-0.2, 0) is 17.3 Å². The first-order chi connectivity index (χ1) is 12.3. The van der Waals surface area contributed by atoms with Crippen molar-refractivity contribution < 1.29 is 22.7 Å². The number of aryl methyl sites for hydroxylation is 1. The number of methoxy groups -OCH3 is 1. The average molecular weight is 359 g/mol. The van der Waals surface area contributed by atoms with Gasteiger partial charge in [-0.15, -0.1) is 0 Å². The van der Waals surface area contributed by atoms with E-state index in [1.807, 2.05) is 0 Å². The molecule has 3 aromatic rings. The molecule has 0 aliphatic heterocycles. The fourth-order valence-corrected chi connectivity index (χ4v) is 2.93. The van der Waals surface area contributed by atoms with Crippen LogP contribution >= 0.6 is 0 Å². The van der Waals surface area contributed by atoms with Gasteiger partial charge in [0, 0.05) is 11.1 Å². The number of ether oxygens (including phenoxy) is 1. The highest BCUT2D eigenvalue weighted by molar-refractivity contribution is 5.89. The van der Waals surface area contributed by atoms with Gasteiger partial charge in [0.2, 0.25) is 0 Å². The van der Waals surface area contributed by atoms with Gasteiger partial charge in [-0.25, -0.2) is 4.79 Å². The highest BCUT2D eigenvalue weighted by atomic mass is 19.4. The minimum atomic E-state index is -4.46. The standard InChI is InChI=1S/C20H16F3NO2/c1-12-10-15(11-13-6-8-14(9-7-13)19(25)26-2)16-4-3-5-17(18(16)24-12)20(21,22)23/h3-10H,11H2,1-2H3. The Morgan fingerprint density at radius 1 is 1.12 bits per heavy atom. The lowest BCUT2D eigenvalue weighted by molar-refractivity contribution is -0.136. The van der Waals surface area contributed by atoms with Gasteiger partial charge in [-0.3, -0.25) is 4.98 Å². The first kappa shape index (κ1) is 17.9. The normalized spacial score (nSPS) is 11.6. The van der Waals surface area contributed by atoms with Gasteiger partial charge in [-0.05, 0) is 48.7 Å². The Balaban J connectivity index is 2.04. The van der Waals surface area contributed by atoms with Crippen molar-refractivity contribution in [2.75, 3.05) is 7.11 Å². The topological polar surface area (TPSA) is 39.2 Å². The number of carbonyl (C=O) groups excluding carboxylic acids is 1. The van der Waals surface area contributed by atoms with Crippen LogP contribution in [0.4, 0.5) is 13.2 Å². The Labute approximate surface area is 148 Å². The number of benzene rings is 2. The quantitative estimate of drug-likeness (QED) is 0.622. The monoisotopic (exact) mass is 359 g/mol. The fraction of sp³-hybridized carbons (Fsp3) is 0.200. The molecular formula is C20H16F3NO2. The highest BCUT2D eigenvalue weighted by Gasteiger charge is 2.33. The summed E-state index contributed by atoms with van der Waals surface area (Å²) < 4.78 is 44.5. The first-order valence-corrected chi connectivity index (χ1v) is 7.93. The molecule has 0 N–H and O–H groups in total. The molecule has 0 atom stereocenters. The Morgan fingerprint density at radius 3 is 2.42 bits per heavy atom. The maximum absolute atomic E-state index is 13.3. The van der Waals surface area contributed by atoms with Crippen LogP contribution in [0.2, 0.25) is 0 Å². The van der Waals surface area contributed by atoms with Crippen LogP contribution in [0.1, 0.15) is 32.7 Å². The number of esters is 1. The molecule has 3 rings (SSSR count). The number of nitrogens with zero attached hydrogens (tertiary/aromatic N) is 1. The van der Waals surface area contributed by atoms with Crippen LogP contribution in [0, 0.1) is 6.92 Å². The zero-order valence-electron chi connectivity index (χ0n) is 14.2. The maximum atomic E-state index is 13.3. The number of rotatable bonds is 3. The van der Waals surface area contributed by atoms with E-state index in [9.17, 15) is 18.0 Å². The molecule has 1 aromatic heterocycles. The highest BCUT2D eigenvalue weighted by Crippen LogP contribution is 2.35. The number of alkyl halides is 3. The summed E-state index contributed by atoms with van der Waals surface area (Å²) >= 11 is 0. The predicted molar refractivity (Wildman–Crippen MR) is 92.1 cm³/mol. The van der Waals surface area contributed by atoms with E-state index in [1.54, 1.807) is 43.3 Å². The number of hydrogen-bond acceptors (Lipinski definition) is 3. The van der Waals surface area contributed by atoms with E-state index in [1.165, 1.54) is 13.2 Å². The van der Waals surface area contributed by atoms with Crippen LogP contribution < -0.4 is 0 Å². The van der Waals surface area contributed by atoms with E-state index in [2.05, 4.69) is 9.72 Å². The minimum Gasteiger partial charge on any atom is -0.465 e. The molecule has 0 bridgehead atoms. The molecule has 0 saturated heterocycles. The Kier molecular flexibility index (Phi) is 4.68. The summed E-state index contributed by atoms with van der Waals surface area (Å²) in [5.41, 5.74) is 1.80. The van der Waals surface area contributed by atoms with Crippen molar-refractivity contribution in [1.29, 1.82) is 0 Å². The molecule has 6 heteroatoms. The molecule has 0 aliphatic carbocycles. The van der Waals surface area contributed by atoms with E-state index >= 15 is 0 Å². The van der Waals surface area contributed by atoms with E-state index in [4.69, 9.17) is 0 Å². The van der Waals surface area contributed by atoms with Gasteiger partial charge < -0.3 is 4.74 Å². The van der Waals surface area contributed by atoms with E-state index in [0.29, 0.717) is 23.1 Å². The van der Waals surface area contributed by atoms with Gasteiger partial charge in [-0.2, -0.15) is 13.2 Å². The number of aromatic nitrogens is 1. The third-order valence-corrected chi connectivity index (χ3v) is 4.13. The molecule has 2 aromatic carbocycles. The second-order valence-corrected chi connectivity index (χ2v) is 5.99. The first-order valence-electron chi connectivity index (χ1n) is 7.93. The number of hydrogen-bond donors (Lipinski definition) is 0. The molecule has 26 heavy (non-hydrogen) atoms. The van der Waals surface area contributed by atoms with Gasteiger partial charge in [0.15, 0.2) is 0 Å². The summed E-state index contributed by atoms with van der Waals surface area (Å²) in [6.07, 6.45) is -4.03. The van der Waals surface area contributed by atoms with Crippen molar-refractivity contribution in [1.82, 2.24) is 4.98 Å². The number of pyridine rings is 1. The minimum absolute atomic E-state index is 0.0406. The van der Waals surface area contributed by atoms with Crippen molar-refractivity contribution >= 4 is 16.9 Å². The van der Waals surface area contributed by atoms with E-state index in [0.717, 1.165) is 17.2 Å². The summed E-state index contributed by atoms with van der Waals surface area (Å²) in [6, 6.07) is 12.7. The van der Waals surface area contributed by atoms with Gasteiger partial charge in [0.25, 0.3) is 0 Å². The van der Waals surface area contributed by atoms with Crippen molar-refractivity contribution in [3.05, 3.63) is 76.5 Å². The largest absolute Gasteiger partial charge is 0.465 e. The van der Waals surface area contributed by atoms with Crippen LogP contribution in [0.5, 0.6) is 0 Å². The molecule has 1 heterocycles. The zero-order valence-corrected chi connectivity index (χ0v) is 14.2. The molecule has 3 nitrogen and oxygen atoms in total.